The summed E-state index contributed by atoms with van der Waals surface area (Å²) >= 11 is 0. The molecule has 1 aliphatic heterocycles. The Morgan fingerprint density at radius 3 is 2.31 bits per heavy atom. The Morgan fingerprint density at radius 1 is 1.07 bits per heavy atom. The molecule has 3 rings (SSSR count). The molecule has 2 heterocycles. The first-order chi connectivity index (χ1) is 13.9. The minimum Gasteiger partial charge on any atom is -0.450 e. The summed E-state index contributed by atoms with van der Waals surface area (Å²) in [5, 5.41) is 6.78. The van der Waals surface area contributed by atoms with Gasteiger partial charge in [0, 0.05) is 37.2 Å². The van der Waals surface area contributed by atoms with Crippen LogP contribution in [0.3, 0.4) is 0 Å². The molecule has 0 saturated carbocycles. The van der Waals surface area contributed by atoms with Gasteiger partial charge in [-0.25, -0.2) is 4.79 Å². The number of nitrogens with one attached hydrogen (secondary N) is 1. The molecular weight excluding hydrogens is 372 g/mol. The molecule has 1 saturated heterocycles. The Kier molecular flexibility index (Phi) is 6.31. The fourth-order valence-corrected chi connectivity index (χ4v) is 3.51. The van der Waals surface area contributed by atoms with Crippen LogP contribution in [-0.2, 0) is 21.4 Å². The van der Waals surface area contributed by atoms with Crippen LogP contribution in [0.4, 0.5) is 11.4 Å². The summed E-state index contributed by atoms with van der Waals surface area (Å²) in [5.41, 5.74) is 2.97. The summed E-state index contributed by atoms with van der Waals surface area (Å²) in [4.78, 5) is 38.7. The standard InChI is InChI=1S/C21H26N4O4/c1-14-19(15(2)24(3)23-14)20(27)21(28)29-13-18(26)22-16-7-9-17(10-8-16)25-11-5-4-6-12-25/h7-10H,4-6,11-13H2,1-3H3,(H,22,26). The molecule has 1 aromatic heterocycles. The fraction of sp³-hybridized carbons (Fsp3) is 0.429. The van der Waals surface area contributed by atoms with Crippen LogP contribution in [0.15, 0.2) is 24.3 Å². The molecule has 0 spiro atoms. The Hall–Kier alpha value is -3.16. The molecule has 29 heavy (non-hydrogen) atoms. The van der Waals surface area contributed by atoms with E-state index in [1.165, 1.54) is 23.9 Å². The van der Waals surface area contributed by atoms with Gasteiger partial charge in [-0.1, -0.05) is 0 Å². The van der Waals surface area contributed by atoms with Crippen molar-refractivity contribution in [2.45, 2.75) is 33.1 Å². The van der Waals surface area contributed by atoms with Gasteiger partial charge in [0.15, 0.2) is 6.61 Å². The monoisotopic (exact) mass is 398 g/mol. The second kappa shape index (κ2) is 8.89. The van der Waals surface area contributed by atoms with E-state index in [9.17, 15) is 14.4 Å². The number of hydrogen-bond donors (Lipinski definition) is 1. The van der Waals surface area contributed by atoms with Crippen molar-refractivity contribution in [2.24, 2.45) is 7.05 Å². The van der Waals surface area contributed by atoms with E-state index in [4.69, 9.17) is 4.74 Å². The Labute approximate surface area is 169 Å². The van der Waals surface area contributed by atoms with Crippen LogP contribution in [-0.4, -0.2) is 47.1 Å². The lowest BCUT2D eigenvalue weighted by molar-refractivity contribution is -0.142. The van der Waals surface area contributed by atoms with E-state index >= 15 is 0 Å². The number of benzene rings is 1. The largest absolute Gasteiger partial charge is 0.450 e. The molecular formula is C21H26N4O4. The number of hydrogen-bond acceptors (Lipinski definition) is 6. The Bertz CT molecular complexity index is 912. The number of aryl methyl sites for hydroxylation is 2. The van der Waals surface area contributed by atoms with Gasteiger partial charge in [-0.05, 0) is 57.4 Å². The molecule has 1 amide bonds. The second-order valence-corrected chi connectivity index (χ2v) is 7.22. The van der Waals surface area contributed by atoms with Crippen molar-refractivity contribution >= 4 is 29.0 Å². The lowest BCUT2D eigenvalue weighted by Crippen LogP contribution is -2.29. The summed E-state index contributed by atoms with van der Waals surface area (Å²) in [6.45, 7) is 4.91. The number of ether oxygens (including phenoxy) is 1. The number of carbonyl (C=O) groups excluding carboxylic acids is 3. The third kappa shape index (κ3) is 4.82. The van der Waals surface area contributed by atoms with Gasteiger partial charge in [-0.3, -0.25) is 14.3 Å². The van der Waals surface area contributed by atoms with Gasteiger partial charge >= 0.3 is 5.97 Å². The molecule has 1 fully saturated rings. The van der Waals surface area contributed by atoms with E-state index in [2.05, 4.69) is 15.3 Å². The summed E-state index contributed by atoms with van der Waals surface area (Å²) in [7, 11) is 1.69. The molecule has 2 aromatic rings. The first-order valence-electron chi connectivity index (χ1n) is 9.73. The molecule has 0 radical (unpaired) electrons. The zero-order valence-electron chi connectivity index (χ0n) is 17.0. The van der Waals surface area contributed by atoms with Crippen molar-refractivity contribution in [2.75, 3.05) is 29.9 Å². The van der Waals surface area contributed by atoms with Crippen molar-refractivity contribution in [3.8, 4) is 0 Å². The molecule has 0 unspecified atom stereocenters. The lowest BCUT2D eigenvalue weighted by atomic mass is 10.1. The Morgan fingerprint density at radius 2 is 1.72 bits per heavy atom. The molecule has 8 nitrogen and oxygen atoms in total. The van der Waals surface area contributed by atoms with Crippen molar-refractivity contribution in [1.82, 2.24) is 9.78 Å². The van der Waals surface area contributed by atoms with Crippen LogP contribution < -0.4 is 10.2 Å². The average molecular weight is 398 g/mol. The van der Waals surface area contributed by atoms with Gasteiger partial charge in [0.2, 0.25) is 0 Å². The topological polar surface area (TPSA) is 93.5 Å². The highest BCUT2D eigenvalue weighted by atomic mass is 16.5. The second-order valence-electron chi connectivity index (χ2n) is 7.22. The van der Waals surface area contributed by atoms with Gasteiger partial charge in [0.1, 0.15) is 0 Å². The number of Topliss-reactive ketones (excluding diaryl/α,β-unsaturated/α-hetero) is 1. The van der Waals surface area contributed by atoms with Crippen LogP contribution in [0, 0.1) is 13.8 Å². The van der Waals surface area contributed by atoms with Gasteiger partial charge in [0.25, 0.3) is 11.7 Å². The predicted molar refractivity (Wildman–Crippen MR) is 109 cm³/mol. The maximum absolute atomic E-state index is 12.3. The molecule has 154 valence electrons. The minimum absolute atomic E-state index is 0.214. The van der Waals surface area contributed by atoms with E-state index in [-0.39, 0.29) is 5.56 Å². The van der Waals surface area contributed by atoms with E-state index in [1.807, 2.05) is 24.3 Å². The van der Waals surface area contributed by atoms with E-state index in [1.54, 1.807) is 20.9 Å². The first-order valence-corrected chi connectivity index (χ1v) is 9.73. The molecule has 1 aromatic carbocycles. The quantitative estimate of drug-likeness (QED) is 0.456. The smallest absolute Gasteiger partial charge is 0.380 e. The number of aromatic nitrogens is 2. The van der Waals surface area contributed by atoms with E-state index in [0.717, 1.165) is 18.8 Å². The van der Waals surface area contributed by atoms with Gasteiger partial charge < -0.3 is 15.0 Å². The summed E-state index contributed by atoms with van der Waals surface area (Å²) in [6, 6.07) is 7.56. The van der Waals surface area contributed by atoms with Crippen molar-refractivity contribution in [3.63, 3.8) is 0 Å². The molecule has 1 N–H and O–H groups in total. The molecule has 8 heteroatoms. The minimum atomic E-state index is -1.07. The zero-order valence-corrected chi connectivity index (χ0v) is 17.0. The zero-order chi connectivity index (χ0) is 21.0. The Balaban J connectivity index is 1.51. The number of piperidine rings is 1. The number of carbonyl (C=O) groups is 3. The number of rotatable bonds is 6. The van der Waals surface area contributed by atoms with Crippen molar-refractivity contribution in [1.29, 1.82) is 0 Å². The van der Waals surface area contributed by atoms with Crippen LogP contribution in [0.1, 0.15) is 41.0 Å². The third-order valence-electron chi connectivity index (χ3n) is 5.13. The third-order valence-corrected chi connectivity index (χ3v) is 5.13. The lowest BCUT2D eigenvalue weighted by Gasteiger charge is -2.28. The first kappa shape index (κ1) is 20.6. The number of ketones is 1. The van der Waals surface area contributed by atoms with Crippen molar-refractivity contribution in [3.05, 3.63) is 41.2 Å². The van der Waals surface area contributed by atoms with Gasteiger partial charge in [-0.15, -0.1) is 0 Å². The SMILES string of the molecule is Cc1nn(C)c(C)c1C(=O)C(=O)OCC(=O)Nc1ccc(N2CCCCC2)cc1. The fourth-order valence-electron chi connectivity index (χ4n) is 3.51. The number of esters is 1. The van der Waals surface area contributed by atoms with Crippen molar-refractivity contribution < 1.29 is 19.1 Å². The highest BCUT2D eigenvalue weighted by molar-refractivity contribution is 6.41. The molecule has 0 aliphatic carbocycles. The van der Waals surface area contributed by atoms with E-state index in [0.29, 0.717) is 17.1 Å². The van der Waals surface area contributed by atoms with Crippen LogP contribution in [0.5, 0.6) is 0 Å². The van der Waals surface area contributed by atoms with Gasteiger partial charge in [-0.2, -0.15) is 5.10 Å². The average Bonchev–Trinajstić information content (AvgIpc) is 2.98. The number of nitrogens with zero attached hydrogens (tertiary/aromatic N) is 3. The summed E-state index contributed by atoms with van der Waals surface area (Å²) < 4.78 is 6.41. The highest BCUT2D eigenvalue weighted by Gasteiger charge is 2.25. The summed E-state index contributed by atoms with van der Waals surface area (Å²) in [6.07, 6.45) is 3.66. The molecule has 0 bridgehead atoms. The maximum atomic E-state index is 12.3. The highest BCUT2D eigenvalue weighted by Crippen LogP contribution is 2.21. The van der Waals surface area contributed by atoms with E-state index < -0.39 is 24.3 Å². The molecule has 0 atom stereocenters. The number of amides is 1. The summed E-state index contributed by atoms with van der Waals surface area (Å²) in [5.74, 6) is -2.37. The maximum Gasteiger partial charge on any atom is 0.380 e. The van der Waals surface area contributed by atoms with Crippen LogP contribution in [0.2, 0.25) is 0 Å². The van der Waals surface area contributed by atoms with Crippen LogP contribution in [0.25, 0.3) is 0 Å². The van der Waals surface area contributed by atoms with Crippen LogP contribution >= 0.6 is 0 Å². The normalized spacial score (nSPS) is 13.8. The molecule has 1 aliphatic rings. The number of anilines is 2. The predicted octanol–water partition coefficient (Wildman–Crippen LogP) is 2.39. The van der Waals surface area contributed by atoms with Gasteiger partial charge in [0.05, 0.1) is 11.3 Å².